The Bertz CT molecular complexity index is 358. The van der Waals surface area contributed by atoms with Crippen LogP contribution in [0, 0.1) is 0 Å². The number of hydrogen-bond acceptors (Lipinski definition) is 1. The van der Waals surface area contributed by atoms with E-state index in [1.165, 1.54) is 5.56 Å². The zero-order valence-corrected chi connectivity index (χ0v) is 8.53. The third kappa shape index (κ3) is 3.40. The molecule has 0 amide bonds. The van der Waals surface area contributed by atoms with Gasteiger partial charge in [-0.2, -0.15) is 0 Å². The summed E-state index contributed by atoms with van der Waals surface area (Å²) in [6, 6.07) is 10.1. The minimum atomic E-state index is 0.0714. The largest absolute Gasteiger partial charge is 0.295 e. The summed E-state index contributed by atoms with van der Waals surface area (Å²) in [5, 5.41) is 0. The zero-order valence-electron chi connectivity index (χ0n) is 8.53. The van der Waals surface area contributed by atoms with Gasteiger partial charge in [-0.25, -0.2) is 0 Å². The van der Waals surface area contributed by atoms with Crippen LogP contribution < -0.4 is 0 Å². The molecule has 72 valence electrons. The van der Waals surface area contributed by atoms with E-state index >= 15 is 0 Å². The Morgan fingerprint density at radius 3 is 2.36 bits per heavy atom. The van der Waals surface area contributed by atoms with Crippen LogP contribution in [0.3, 0.4) is 0 Å². The van der Waals surface area contributed by atoms with E-state index in [1.54, 1.807) is 19.1 Å². The smallest absolute Gasteiger partial charge is 0.152 e. The Balaban J connectivity index is 2.75. The first-order chi connectivity index (χ1) is 6.70. The van der Waals surface area contributed by atoms with Crippen LogP contribution in [0.5, 0.6) is 0 Å². The number of ketones is 1. The molecule has 1 nitrogen and oxygen atoms in total. The van der Waals surface area contributed by atoms with Crippen molar-refractivity contribution in [3.8, 4) is 0 Å². The first-order valence-electron chi connectivity index (χ1n) is 4.61. The molecule has 0 spiro atoms. The lowest BCUT2D eigenvalue weighted by molar-refractivity contribution is -0.112. The van der Waals surface area contributed by atoms with Gasteiger partial charge in [0.05, 0.1) is 0 Å². The van der Waals surface area contributed by atoms with Gasteiger partial charge >= 0.3 is 0 Å². The second-order valence-corrected chi connectivity index (χ2v) is 3.19. The highest BCUT2D eigenvalue weighted by molar-refractivity contribution is 5.87. The minimum Gasteiger partial charge on any atom is -0.295 e. The molecule has 0 radical (unpaired) electrons. The quantitative estimate of drug-likeness (QED) is 0.523. The zero-order chi connectivity index (χ0) is 10.4. The van der Waals surface area contributed by atoms with E-state index in [0.717, 1.165) is 5.57 Å². The van der Waals surface area contributed by atoms with Crippen molar-refractivity contribution in [2.45, 2.75) is 13.8 Å². The molecule has 0 saturated heterocycles. The van der Waals surface area contributed by atoms with Gasteiger partial charge in [0.2, 0.25) is 0 Å². The molecule has 0 N–H and O–H groups in total. The highest BCUT2D eigenvalue weighted by Crippen LogP contribution is 2.12. The second-order valence-electron chi connectivity index (χ2n) is 3.19. The topological polar surface area (TPSA) is 17.1 Å². The van der Waals surface area contributed by atoms with Crippen LogP contribution in [0.2, 0.25) is 0 Å². The number of hydrogen-bond donors (Lipinski definition) is 0. The highest BCUT2D eigenvalue weighted by atomic mass is 16.1. The predicted octanol–water partition coefficient (Wildman–Crippen LogP) is 3.24. The van der Waals surface area contributed by atoms with Gasteiger partial charge in [-0.1, -0.05) is 42.5 Å². The third-order valence-corrected chi connectivity index (χ3v) is 1.91. The normalized spacial score (nSPS) is 12.0. The molecule has 0 aromatic heterocycles. The Kier molecular flexibility index (Phi) is 3.86. The Morgan fingerprint density at radius 1 is 1.14 bits per heavy atom. The number of carbonyl (C=O) groups excluding carboxylic acids is 1. The van der Waals surface area contributed by atoms with Crippen molar-refractivity contribution < 1.29 is 4.79 Å². The molecule has 14 heavy (non-hydrogen) atoms. The molecule has 0 aliphatic heterocycles. The van der Waals surface area contributed by atoms with Crippen molar-refractivity contribution in [2.75, 3.05) is 0 Å². The van der Waals surface area contributed by atoms with Crippen molar-refractivity contribution in [3.63, 3.8) is 0 Å². The summed E-state index contributed by atoms with van der Waals surface area (Å²) in [6.45, 7) is 3.57. The Hall–Kier alpha value is -1.63. The van der Waals surface area contributed by atoms with Crippen molar-refractivity contribution in [3.05, 3.63) is 54.1 Å². The van der Waals surface area contributed by atoms with Crippen LogP contribution in [0.4, 0.5) is 0 Å². The van der Waals surface area contributed by atoms with E-state index in [0.29, 0.717) is 0 Å². The summed E-state index contributed by atoms with van der Waals surface area (Å²) in [7, 11) is 0. The molecular weight excluding hydrogens is 172 g/mol. The van der Waals surface area contributed by atoms with Crippen LogP contribution in [0.1, 0.15) is 19.4 Å². The van der Waals surface area contributed by atoms with Gasteiger partial charge < -0.3 is 0 Å². The fourth-order valence-electron chi connectivity index (χ4n) is 1.13. The third-order valence-electron chi connectivity index (χ3n) is 1.91. The molecule has 0 aliphatic rings. The Labute approximate surface area is 84.8 Å². The monoisotopic (exact) mass is 186 g/mol. The molecule has 1 heteroatoms. The summed E-state index contributed by atoms with van der Waals surface area (Å²) >= 11 is 0. The fraction of sp³-hybridized carbons (Fsp3) is 0.154. The molecule has 1 rings (SSSR count). The van der Waals surface area contributed by atoms with Gasteiger partial charge in [0.15, 0.2) is 5.78 Å². The van der Waals surface area contributed by atoms with Crippen molar-refractivity contribution in [2.24, 2.45) is 0 Å². The SMILES string of the molecule is CC(=O)C=CC=C(C)c1ccccc1. The van der Waals surface area contributed by atoms with Crippen LogP contribution in [0.15, 0.2) is 48.6 Å². The molecule has 0 fully saturated rings. The van der Waals surface area contributed by atoms with Gasteiger partial charge in [-0.15, -0.1) is 0 Å². The predicted molar refractivity (Wildman–Crippen MR) is 59.9 cm³/mol. The summed E-state index contributed by atoms with van der Waals surface area (Å²) in [5.41, 5.74) is 2.34. The van der Waals surface area contributed by atoms with E-state index < -0.39 is 0 Å². The van der Waals surface area contributed by atoms with Gasteiger partial charge in [0.1, 0.15) is 0 Å². The fourth-order valence-corrected chi connectivity index (χ4v) is 1.13. The molecular formula is C13H14O. The number of benzene rings is 1. The summed E-state index contributed by atoms with van der Waals surface area (Å²) in [6.07, 6.45) is 5.29. The van der Waals surface area contributed by atoms with E-state index in [4.69, 9.17) is 0 Å². The average molecular weight is 186 g/mol. The van der Waals surface area contributed by atoms with Crippen LogP contribution in [0.25, 0.3) is 5.57 Å². The van der Waals surface area contributed by atoms with Gasteiger partial charge in [0.25, 0.3) is 0 Å². The molecule has 0 bridgehead atoms. The van der Waals surface area contributed by atoms with Gasteiger partial charge in [-0.3, -0.25) is 4.79 Å². The van der Waals surface area contributed by atoms with E-state index in [9.17, 15) is 4.79 Å². The lowest BCUT2D eigenvalue weighted by Crippen LogP contribution is -1.79. The molecule has 0 aliphatic carbocycles. The molecule has 0 unspecified atom stereocenters. The minimum absolute atomic E-state index is 0.0714. The highest BCUT2D eigenvalue weighted by Gasteiger charge is 1.90. The first-order valence-corrected chi connectivity index (χ1v) is 4.61. The molecule has 1 aromatic carbocycles. The van der Waals surface area contributed by atoms with Crippen molar-refractivity contribution in [1.82, 2.24) is 0 Å². The van der Waals surface area contributed by atoms with E-state index in [2.05, 4.69) is 0 Å². The second kappa shape index (κ2) is 5.18. The van der Waals surface area contributed by atoms with Gasteiger partial charge in [-0.05, 0) is 31.1 Å². The molecule has 0 atom stereocenters. The first kappa shape index (κ1) is 10.5. The number of allylic oxidation sites excluding steroid dienone is 4. The average Bonchev–Trinajstić information content (AvgIpc) is 2.18. The Morgan fingerprint density at radius 2 is 1.79 bits per heavy atom. The van der Waals surface area contributed by atoms with E-state index in [-0.39, 0.29) is 5.78 Å². The van der Waals surface area contributed by atoms with Crippen LogP contribution in [-0.2, 0) is 4.79 Å². The van der Waals surface area contributed by atoms with E-state index in [1.807, 2.05) is 43.3 Å². The summed E-state index contributed by atoms with van der Waals surface area (Å²) in [5.74, 6) is 0.0714. The maximum absolute atomic E-state index is 10.6. The van der Waals surface area contributed by atoms with Gasteiger partial charge in [0, 0.05) is 0 Å². The number of carbonyl (C=O) groups is 1. The lowest BCUT2D eigenvalue weighted by atomic mass is 10.1. The summed E-state index contributed by atoms with van der Waals surface area (Å²) < 4.78 is 0. The van der Waals surface area contributed by atoms with Crippen molar-refractivity contribution in [1.29, 1.82) is 0 Å². The lowest BCUT2D eigenvalue weighted by Gasteiger charge is -1.98. The molecule has 1 aromatic rings. The molecule has 0 heterocycles. The summed E-state index contributed by atoms with van der Waals surface area (Å²) in [4.78, 5) is 10.6. The standard InChI is InChI=1S/C13H14O/c1-11(7-6-8-12(2)14)13-9-4-3-5-10-13/h3-10H,1-2H3. The maximum Gasteiger partial charge on any atom is 0.152 e. The van der Waals surface area contributed by atoms with Crippen LogP contribution in [-0.4, -0.2) is 5.78 Å². The molecule has 0 saturated carbocycles. The van der Waals surface area contributed by atoms with Crippen LogP contribution >= 0.6 is 0 Å². The van der Waals surface area contributed by atoms with Crippen molar-refractivity contribution >= 4 is 11.4 Å². The maximum atomic E-state index is 10.6. The number of rotatable bonds is 3.